The van der Waals surface area contributed by atoms with Crippen LogP contribution in [0, 0.1) is 5.82 Å². The van der Waals surface area contributed by atoms with Crippen molar-refractivity contribution >= 4 is 16.9 Å². The van der Waals surface area contributed by atoms with Crippen LogP contribution in [0.4, 0.5) is 4.39 Å². The van der Waals surface area contributed by atoms with E-state index < -0.39 is 0 Å². The van der Waals surface area contributed by atoms with Crippen molar-refractivity contribution in [2.75, 3.05) is 6.61 Å². The van der Waals surface area contributed by atoms with Crippen LogP contribution < -0.4 is 4.74 Å². The molecule has 0 aliphatic carbocycles. The molecule has 0 unspecified atom stereocenters. The molecule has 0 aliphatic heterocycles. The van der Waals surface area contributed by atoms with Gasteiger partial charge in [0.1, 0.15) is 23.9 Å². The van der Waals surface area contributed by atoms with Crippen molar-refractivity contribution in [1.82, 2.24) is 4.57 Å². The van der Waals surface area contributed by atoms with E-state index in [1.165, 1.54) is 12.1 Å². The van der Waals surface area contributed by atoms with Crippen molar-refractivity contribution in [3.05, 3.63) is 97.0 Å². The molecule has 3 aromatic carbocycles. The number of carbonyl (C=O) groups is 1. The normalized spacial score (nSPS) is 10.8. The first kappa shape index (κ1) is 21.4. The third kappa shape index (κ3) is 4.72. The van der Waals surface area contributed by atoms with Gasteiger partial charge in [-0.2, -0.15) is 0 Å². The summed E-state index contributed by atoms with van der Waals surface area (Å²) in [5.41, 5.74) is 4.19. The average Bonchev–Trinajstić information content (AvgIpc) is 3.13. The van der Waals surface area contributed by atoms with E-state index in [1.807, 2.05) is 53.2 Å². The molecule has 0 bridgehead atoms. The summed E-state index contributed by atoms with van der Waals surface area (Å²) in [5, 5.41) is 1.08. The lowest BCUT2D eigenvalue weighted by molar-refractivity contribution is -0.143. The van der Waals surface area contributed by atoms with E-state index in [4.69, 9.17) is 9.47 Å². The summed E-state index contributed by atoms with van der Waals surface area (Å²) in [5.74, 6) is 0.706. The monoisotopic (exact) mass is 429 g/mol. The number of halogens is 1. The molecule has 4 aromatic rings. The van der Waals surface area contributed by atoms with Gasteiger partial charge in [-0.25, -0.2) is 4.39 Å². The zero-order valence-electron chi connectivity index (χ0n) is 17.9. The Kier molecular flexibility index (Phi) is 6.36. The van der Waals surface area contributed by atoms with Crippen LogP contribution in [0.1, 0.15) is 12.5 Å². The van der Waals surface area contributed by atoms with Gasteiger partial charge in [0.05, 0.1) is 6.61 Å². The molecule has 4 rings (SSSR count). The molecule has 1 aromatic heterocycles. The average molecular weight is 429 g/mol. The van der Waals surface area contributed by atoms with Crippen LogP contribution in [0.15, 0.2) is 85.6 Å². The van der Waals surface area contributed by atoms with E-state index in [9.17, 15) is 9.18 Å². The maximum Gasteiger partial charge on any atom is 0.325 e. The lowest BCUT2D eigenvalue weighted by atomic mass is 10.0. The van der Waals surface area contributed by atoms with E-state index in [2.05, 4.69) is 12.6 Å². The van der Waals surface area contributed by atoms with Crippen LogP contribution in [-0.2, 0) is 22.5 Å². The number of aromatic nitrogens is 1. The van der Waals surface area contributed by atoms with E-state index >= 15 is 0 Å². The molecule has 32 heavy (non-hydrogen) atoms. The molecule has 0 spiro atoms. The Morgan fingerprint density at radius 3 is 2.31 bits per heavy atom. The van der Waals surface area contributed by atoms with Crippen LogP contribution in [-0.4, -0.2) is 17.1 Å². The predicted octanol–water partition coefficient (Wildman–Crippen LogP) is 6.53. The minimum atomic E-state index is -0.296. The summed E-state index contributed by atoms with van der Waals surface area (Å²) in [4.78, 5) is 12.0. The van der Waals surface area contributed by atoms with Crippen LogP contribution in [0.25, 0.3) is 22.0 Å². The fourth-order valence-electron chi connectivity index (χ4n) is 3.70. The highest BCUT2D eigenvalue weighted by Crippen LogP contribution is 2.30. The molecule has 5 heteroatoms. The lowest BCUT2D eigenvalue weighted by Gasteiger charge is -2.08. The Hall–Kier alpha value is -3.86. The number of benzene rings is 3. The van der Waals surface area contributed by atoms with Crippen molar-refractivity contribution < 1.29 is 18.7 Å². The minimum absolute atomic E-state index is 0.177. The summed E-state index contributed by atoms with van der Waals surface area (Å²) in [6.45, 7) is 6.20. The standard InChI is InChI=1S/C27H24FNO3/c1-3-5-21-17-29(18-27(30)31-4-2)26-15-8-20(16-25(21)26)19-6-11-23(12-7-19)32-24-13-9-22(28)10-14-24/h3,6-17H,1,4-5,18H2,2H3. The van der Waals surface area contributed by atoms with Gasteiger partial charge >= 0.3 is 5.97 Å². The second kappa shape index (κ2) is 9.52. The van der Waals surface area contributed by atoms with Gasteiger partial charge in [0.15, 0.2) is 0 Å². The SMILES string of the molecule is C=CCc1cn(CC(=O)OCC)c2ccc(-c3ccc(Oc4ccc(F)cc4)cc3)cc12. The van der Waals surface area contributed by atoms with Crippen molar-refractivity contribution in [1.29, 1.82) is 0 Å². The maximum absolute atomic E-state index is 13.1. The molecule has 0 aliphatic rings. The maximum atomic E-state index is 13.1. The molecule has 4 nitrogen and oxygen atoms in total. The molecule has 0 saturated heterocycles. The molecule has 162 valence electrons. The predicted molar refractivity (Wildman–Crippen MR) is 124 cm³/mol. The number of ether oxygens (including phenoxy) is 2. The smallest absolute Gasteiger partial charge is 0.325 e. The number of carbonyl (C=O) groups excluding carboxylic acids is 1. The van der Waals surface area contributed by atoms with Gasteiger partial charge in [-0.3, -0.25) is 4.79 Å². The second-order valence-corrected chi connectivity index (χ2v) is 7.39. The zero-order valence-corrected chi connectivity index (χ0v) is 17.9. The van der Waals surface area contributed by atoms with Gasteiger partial charge in [-0.15, -0.1) is 6.58 Å². The summed E-state index contributed by atoms with van der Waals surface area (Å²) in [6, 6.07) is 19.9. The van der Waals surface area contributed by atoms with Crippen LogP contribution >= 0.6 is 0 Å². The number of allylic oxidation sites excluding steroid dienone is 1. The third-order valence-corrected chi connectivity index (χ3v) is 5.17. The Labute approximate surface area is 186 Å². The van der Waals surface area contributed by atoms with Crippen LogP contribution in [0.2, 0.25) is 0 Å². The Balaban J connectivity index is 1.61. The van der Waals surface area contributed by atoms with Crippen molar-refractivity contribution in [3.8, 4) is 22.6 Å². The Morgan fingerprint density at radius 2 is 1.66 bits per heavy atom. The zero-order chi connectivity index (χ0) is 22.5. The van der Waals surface area contributed by atoms with Gasteiger partial charge in [-0.1, -0.05) is 24.3 Å². The molecule has 0 atom stereocenters. The Morgan fingerprint density at radius 1 is 1.00 bits per heavy atom. The van der Waals surface area contributed by atoms with Crippen LogP contribution in [0.5, 0.6) is 11.5 Å². The first-order valence-electron chi connectivity index (χ1n) is 10.5. The second-order valence-electron chi connectivity index (χ2n) is 7.39. The van der Waals surface area contributed by atoms with Gasteiger partial charge in [0.25, 0.3) is 0 Å². The van der Waals surface area contributed by atoms with Crippen molar-refractivity contribution in [2.24, 2.45) is 0 Å². The lowest BCUT2D eigenvalue weighted by Crippen LogP contribution is -2.12. The number of esters is 1. The van der Waals surface area contributed by atoms with Gasteiger partial charge in [0.2, 0.25) is 0 Å². The molecular weight excluding hydrogens is 405 g/mol. The summed E-state index contributed by atoms with van der Waals surface area (Å²) < 4.78 is 25.9. The molecule has 0 amide bonds. The fraction of sp³-hybridized carbons (Fsp3) is 0.148. The van der Waals surface area contributed by atoms with E-state index in [-0.39, 0.29) is 18.3 Å². The highest BCUT2D eigenvalue weighted by atomic mass is 19.1. The largest absolute Gasteiger partial charge is 0.465 e. The number of fused-ring (bicyclic) bond motifs is 1. The fourth-order valence-corrected chi connectivity index (χ4v) is 3.70. The number of nitrogens with zero attached hydrogens (tertiary/aromatic N) is 1. The van der Waals surface area contributed by atoms with E-state index in [0.717, 1.165) is 27.6 Å². The molecule has 0 radical (unpaired) electrons. The number of rotatable bonds is 8. The summed E-state index contributed by atoms with van der Waals surface area (Å²) >= 11 is 0. The van der Waals surface area contributed by atoms with Crippen molar-refractivity contribution in [2.45, 2.75) is 19.9 Å². The molecular formula is C27H24FNO3. The summed E-state index contributed by atoms with van der Waals surface area (Å²) in [6.07, 6.45) is 4.56. The van der Waals surface area contributed by atoms with E-state index in [0.29, 0.717) is 24.5 Å². The third-order valence-electron chi connectivity index (χ3n) is 5.17. The van der Waals surface area contributed by atoms with Crippen LogP contribution in [0.3, 0.4) is 0 Å². The highest BCUT2D eigenvalue weighted by Gasteiger charge is 2.12. The molecule has 1 heterocycles. The highest BCUT2D eigenvalue weighted by molar-refractivity contribution is 5.89. The van der Waals surface area contributed by atoms with E-state index in [1.54, 1.807) is 19.1 Å². The quantitative estimate of drug-likeness (QED) is 0.236. The molecule has 0 fully saturated rings. The first-order valence-corrected chi connectivity index (χ1v) is 10.5. The van der Waals surface area contributed by atoms with Gasteiger partial charge < -0.3 is 14.0 Å². The number of hydrogen-bond acceptors (Lipinski definition) is 3. The van der Waals surface area contributed by atoms with Gasteiger partial charge in [-0.05, 0) is 78.6 Å². The van der Waals surface area contributed by atoms with Crippen molar-refractivity contribution in [3.63, 3.8) is 0 Å². The Bertz CT molecular complexity index is 1240. The minimum Gasteiger partial charge on any atom is -0.465 e. The first-order chi connectivity index (χ1) is 15.6. The van der Waals surface area contributed by atoms with Gasteiger partial charge in [0, 0.05) is 17.1 Å². The molecule has 0 saturated carbocycles. The number of hydrogen-bond donors (Lipinski definition) is 0. The topological polar surface area (TPSA) is 40.5 Å². The summed E-state index contributed by atoms with van der Waals surface area (Å²) in [7, 11) is 0. The molecule has 0 N–H and O–H groups in total.